The van der Waals surface area contributed by atoms with Gasteiger partial charge in [-0.1, -0.05) is 35.0 Å². The summed E-state index contributed by atoms with van der Waals surface area (Å²) >= 11 is 13.0. The number of carbonyl (C=O) groups is 2. The van der Waals surface area contributed by atoms with Gasteiger partial charge in [0.1, 0.15) is 5.25 Å². The van der Waals surface area contributed by atoms with Crippen LogP contribution in [0.3, 0.4) is 0 Å². The maximum Gasteiger partial charge on any atom is 0.240 e. The fourth-order valence-electron chi connectivity index (χ4n) is 1.69. The molecule has 9 heteroatoms. The molecule has 0 aromatic heterocycles. The van der Waals surface area contributed by atoms with Crippen LogP contribution < -0.4 is 10.6 Å². The molecule has 1 aromatic rings. The zero-order valence-electron chi connectivity index (χ0n) is 12.4. The van der Waals surface area contributed by atoms with Crippen LogP contribution in [0.2, 0.25) is 10.0 Å². The fraction of sp³-hybridized carbons (Fsp3) is 0.286. The molecule has 0 spiro atoms. The first-order valence-electron chi connectivity index (χ1n) is 6.66. The lowest BCUT2D eigenvalue weighted by molar-refractivity contribution is -0.122. The maximum absolute atomic E-state index is 12.1. The van der Waals surface area contributed by atoms with E-state index in [0.29, 0.717) is 20.9 Å². The first-order valence-corrected chi connectivity index (χ1v) is 8.30. The van der Waals surface area contributed by atoms with Gasteiger partial charge in [0.15, 0.2) is 5.17 Å². The van der Waals surface area contributed by atoms with Crippen LogP contribution in [0.15, 0.2) is 28.4 Å². The summed E-state index contributed by atoms with van der Waals surface area (Å²) in [6.07, 6.45) is -0.00676. The lowest BCUT2D eigenvalue weighted by atomic mass is 10.2. The van der Waals surface area contributed by atoms with Crippen LogP contribution in [-0.2, 0) is 9.59 Å². The van der Waals surface area contributed by atoms with Gasteiger partial charge in [0.05, 0.1) is 10.7 Å². The molecule has 1 aromatic carbocycles. The van der Waals surface area contributed by atoms with Gasteiger partial charge in [0.2, 0.25) is 11.8 Å². The number of amidine groups is 1. The smallest absolute Gasteiger partial charge is 0.240 e. The third-order valence-corrected chi connectivity index (χ3v) is 4.33. The number of hydrogen-bond donors (Lipinski definition) is 2. The Morgan fingerprint density at radius 2 is 2.13 bits per heavy atom. The monoisotopic (exact) mass is 372 g/mol. The van der Waals surface area contributed by atoms with Crippen molar-refractivity contribution in [2.24, 2.45) is 10.2 Å². The number of thioether (sulfide) groups is 1. The molecule has 1 aliphatic rings. The fourth-order valence-corrected chi connectivity index (χ4v) is 2.95. The number of hydrogen-bond acceptors (Lipinski definition) is 5. The van der Waals surface area contributed by atoms with E-state index in [9.17, 15) is 9.59 Å². The summed E-state index contributed by atoms with van der Waals surface area (Å²) in [5.74, 6) is -0.608. The summed E-state index contributed by atoms with van der Waals surface area (Å²) in [6.45, 7) is 3.59. The van der Waals surface area contributed by atoms with Crippen molar-refractivity contribution in [3.63, 3.8) is 0 Å². The highest BCUT2D eigenvalue weighted by atomic mass is 35.5. The number of nitrogens with one attached hydrogen (secondary N) is 2. The standard InChI is InChI=1S/C14H14Cl2N4O2S/c1-7(2)19-20-14-18-13(22)11(23-14)6-12(21)17-10-5-8(15)3-4-9(10)16/h3-5,11H,6H2,1-2H3,(H,17,21)(H,18,20,22). The number of halogens is 2. The van der Waals surface area contributed by atoms with E-state index < -0.39 is 5.25 Å². The summed E-state index contributed by atoms with van der Waals surface area (Å²) in [4.78, 5) is 23.9. The van der Waals surface area contributed by atoms with Crippen molar-refractivity contribution in [1.82, 2.24) is 5.32 Å². The molecule has 0 radical (unpaired) electrons. The van der Waals surface area contributed by atoms with Gasteiger partial charge in [-0.3, -0.25) is 9.59 Å². The normalized spacial score (nSPS) is 18.7. The number of nitrogens with zero attached hydrogens (tertiary/aromatic N) is 2. The largest absolute Gasteiger partial charge is 0.325 e. The topological polar surface area (TPSA) is 82.9 Å². The number of carbonyl (C=O) groups excluding carboxylic acids is 2. The zero-order chi connectivity index (χ0) is 17.0. The molecular weight excluding hydrogens is 359 g/mol. The van der Waals surface area contributed by atoms with Gasteiger partial charge in [0.25, 0.3) is 0 Å². The Balaban J connectivity index is 1.98. The van der Waals surface area contributed by atoms with Crippen molar-refractivity contribution in [3.8, 4) is 0 Å². The quantitative estimate of drug-likeness (QED) is 0.628. The Kier molecular flexibility index (Phi) is 6.04. The minimum atomic E-state index is -0.556. The first-order chi connectivity index (χ1) is 10.8. The van der Waals surface area contributed by atoms with E-state index in [1.54, 1.807) is 32.0 Å². The predicted octanol–water partition coefficient (Wildman–Crippen LogP) is 3.31. The molecule has 1 fully saturated rings. The second-order valence-corrected chi connectivity index (χ2v) is 6.96. The Bertz CT molecular complexity index is 702. The van der Waals surface area contributed by atoms with E-state index in [1.165, 1.54) is 11.8 Å². The summed E-state index contributed by atoms with van der Waals surface area (Å²) in [6, 6.07) is 4.76. The predicted molar refractivity (Wildman–Crippen MR) is 95.4 cm³/mol. The lowest BCUT2D eigenvalue weighted by Gasteiger charge is -2.09. The molecule has 1 saturated heterocycles. The minimum absolute atomic E-state index is 0.00676. The van der Waals surface area contributed by atoms with Crippen LogP contribution in [0.25, 0.3) is 0 Å². The summed E-state index contributed by atoms with van der Waals surface area (Å²) in [5.41, 5.74) is 1.18. The molecule has 0 saturated carbocycles. The average molecular weight is 373 g/mol. The molecule has 2 amide bonds. The minimum Gasteiger partial charge on any atom is -0.325 e. The van der Waals surface area contributed by atoms with Crippen LogP contribution in [-0.4, -0.2) is 27.9 Å². The van der Waals surface area contributed by atoms with E-state index in [0.717, 1.165) is 5.71 Å². The molecule has 23 heavy (non-hydrogen) atoms. The summed E-state index contributed by atoms with van der Waals surface area (Å²) in [5, 5.41) is 13.7. The van der Waals surface area contributed by atoms with Crippen LogP contribution >= 0.6 is 35.0 Å². The van der Waals surface area contributed by atoms with E-state index in [-0.39, 0.29) is 18.2 Å². The molecule has 1 heterocycles. The van der Waals surface area contributed by atoms with Gasteiger partial charge in [-0.2, -0.15) is 5.10 Å². The van der Waals surface area contributed by atoms with E-state index in [1.807, 2.05) is 0 Å². The van der Waals surface area contributed by atoms with Crippen molar-refractivity contribution >= 4 is 63.3 Å². The van der Waals surface area contributed by atoms with Crippen molar-refractivity contribution < 1.29 is 9.59 Å². The average Bonchev–Trinajstić information content (AvgIpc) is 2.81. The van der Waals surface area contributed by atoms with Crippen molar-refractivity contribution in [2.75, 3.05) is 5.32 Å². The molecule has 0 bridgehead atoms. The molecule has 0 aliphatic carbocycles. The van der Waals surface area contributed by atoms with Gasteiger partial charge in [-0.25, -0.2) is 0 Å². The lowest BCUT2D eigenvalue weighted by Crippen LogP contribution is -2.28. The van der Waals surface area contributed by atoms with Crippen molar-refractivity contribution in [2.45, 2.75) is 25.5 Å². The van der Waals surface area contributed by atoms with Crippen molar-refractivity contribution in [3.05, 3.63) is 28.2 Å². The Morgan fingerprint density at radius 3 is 2.83 bits per heavy atom. The second-order valence-electron chi connectivity index (χ2n) is 4.92. The van der Waals surface area contributed by atoms with E-state index in [4.69, 9.17) is 23.2 Å². The summed E-state index contributed by atoms with van der Waals surface area (Å²) < 4.78 is 0. The Hall–Kier alpha value is -1.57. The molecule has 1 aliphatic heterocycles. The molecular formula is C14H14Cl2N4O2S. The van der Waals surface area contributed by atoms with E-state index in [2.05, 4.69) is 20.8 Å². The summed E-state index contributed by atoms with van der Waals surface area (Å²) in [7, 11) is 0. The van der Waals surface area contributed by atoms with Crippen LogP contribution in [0.1, 0.15) is 20.3 Å². The molecule has 1 atom stereocenters. The zero-order valence-corrected chi connectivity index (χ0v) is 14.7. The van der Waals surface area contributed by atoms with Crippen LogP contribution in [0.5, 0.6) is 0 Å². The molecule has 2 rings (SSSR count). The van der Waals surface area contributed by atoms with Gasteiger partial charge >= 0.3 is 0 Å². The Morgan fingerprint density at radius 1 is 1.39 bits per heavy atom. The third kappa shape index (κ3) is 5.23. The number of amides is 2. The maximum atomic E-state index is 12.1. The van der Waals surface area contributed by atoms with Gasteiger partial charge in [-0.05, 0) is 32.0 Å². The number of anilines is 1. The van der Waals surface area contributed by atoms with Crippen LogP contribution in [0, 0.1) is 0 Å². The molecule has 1 unspecified atom stereocenters. The molecule has 6 nitrogen and oxygen atoms in total. The van der Waals surface area contributed by atoms with Gasteiger partial charge < -0.3 is 10.6 Å². The first kappa shape index (κ1) is 17.8. The molecule has 2 N–H and O–H groups in total. The highest BCUT2D eigenvalue weighted by Gasteiger charge is 2.32. The highest BCUT2D eigenvalue weighted by molar-refractivity contribution is 8.15. The second kappa shape index (κ2) is 7.81. The third-order valence-electron chi connectivity index (χ3n) is 2.69. The number of rotatable bonds is 4. The van der Waals surface area contributed by atoms with Crippen molar-refractivity contribution in [1.29, 1.82) is 0 Å². The SMILES string of the molecule is CC(C)=N/N=C1\NC(=O)C(CC(=O)Nc2cc(Cl)ccc2Cl)S1. The van der Waals surface area contributed by atoms with E-state index >= 15 is 0 Å². The van der Waals surface area contributed by atoms with Crippen LogP contribution in [0.4, 0.5) is 5.69 Å². The van der Waals surface area contributed by atoms with Gasteiger partial charge in [0, 0.05) is 17.2 Å². The van der Waals surface area contributed by atoms with Gasteiger partial charge in [-0.15, -0.1) is 5.10 Å². The number of benzene rings is 1. The highest BCUT2D eigenvalue weighted by Crippen LogP contribution is 2.27. The molecule has 122 valence electrons. The Labute approximate surface area is 147 Å².